The Labute approximate surface area is 109 Å². The van der Waals surface area contributed by atoms with Gasteiger partial charge in [-0.1, -0.05) is 25.8 Å². The maximum atomic E-state index is 9.40. The first-order chi connectivity index (χ1) is 8.65. The van der Waals surface area contributed by atoms with Crippen LogP contribution in [-0.2, 0) is 6.54 Å². The lowest BCUT2D eigenvalue weighted by atomic mass is 9.83. The van der Waals surface area contributed by atoms with Crippen LogP contribution in [0, 0.1) is 11.8 Å². The largest absolute Gasteiger partial charge is 0.504 e. The molecule has 1 fully saturated rings. The number of nitrogens with one attached hydrogen (secondary N) is 1. The Balaban J connectivity index is 1.73. The van der Waals surface area contributed by atoms with Gasteiger partial charge in [0.15, 0.2) is 11.5 Å². The molecule has 1 aromatic carbocycles. The number of hydrogen-bond donors (Lipinski definition) is 3. The fourth-order valence-electron chi connectivity index (χ4n) is 2.63. The van der Waals surface area contributed by atoms with Gasteiger partial charge in [0.05, 0.1) is 0 Å². The van der Waals surface area contributed by atoms with E-state index in [-0.39, 0.29) is 11.5 Å². The van der Waals surface area contributed by atoms with Crippen LogP contribution in [0.5, 0.6) is 11.5 Å². The van der Waals surface area contributed by atoms with Crippen molar-refractivity contribution in [3.63, 3.8) is 0 Å². The van der Waals surface area contributed by atoms with Crippen molar-refractivity contribution in [2.75, 3.05) is 6.54 Å². The van der Waals surface area contributed by atoms with Gasteiger partial charge < -0.3 is 15.5 Å². The third-order valence-electron chi connectivity index (χ3n) is 3.94. The van der Waals surface area contributed by atoms with E-state index in [0.29, 0.717) is 0 Å². The van der Waals surface area contributed by atoms with Crippen LogP contribution in [0.1, 0.15) is 38.2 Å². The number of phenolic OH excluding ortho intramolecular Hbond substituents is 2. The summed E-state index contributed by atoms with van der Waals surface area (Å²) in [6.07, 6.45) is 5.36. The zero-order valence-electron chi connectivity index (χ0n) is 11.0. The fraction of sp³-hybridized carbons (Fsp3) is 0.600. The van der Waals surface area contributed by atoms with E-state index < -0.39 is 0 Å². The highest BCUT2D eigenvalue weighted by molar-refractivity contribution is 5.40. The smallest absolute Gasteiger partial charge is 0.157 e. The maximum absolute atomic E-state index is 9.40. The van der Waals surface area contributed by atoms with Crippen LogP contribution in [0.25, 0.3) is 0 Å². The summed E-state index contributed by atoms with van der Waals surface area (Å²) >= 11 is 0. The molecule has 0 bridgehead atoms. The molecule has 0 heterocycles. The highest BCUT2D eigenvalue weighted by Gasteiger charge is 2.17. The van der Waals surface area contributed by atoms with E-state index in [1.165, 1.54) is 31.7 Å². The molecule has 2 rings (SSSR count). The molecule has 0 aromatic heterocycles. The Morgan fingerprint density at radius 1 is 1.11 bits per heavy atom. The van der Waals surface area contributed by atoms with Crippen molar-refractivity contribution in [1.29, 1.82) is 0 Å². The van der Waals surface area contributed by atoms with Gasteiger partial charge in [0.1, 0.15) is 0 Å². The van der Waals surface area contributed by atoms with E-state index in [1.807, 2.05) is 6.07 Å². The quantitative estimate of drug-likeness (QED) is 0.719. The van der Waals surface area contributed by atoms with E-state index in [2.05, 4.69) is 12.2 Å². The standard InChI is InChI=1S/C15H23NO2/c1-11-2-4-12(5-3-11)9-16-10-13-6-7-14(17)15(18)8-13/h6-8,11-12,16-18H,2-5,9-10H2,1H3. The van der Waals surface area contributed by atoms with Gasteiger partial charge in [-0.15, -0.1) is 0 Å². The molecule has 0 spiro atoms. The van der Waals surface area contributed by atoms with Gasteiger partial charge in [-0.2, -0.15) is 0 Å². The normalized spacial score (nSPS) is 24.1. The minimum atomic E-state index is -0.0555. The summed E-state index contributed by atoms with van der Waals surface area (Å²) in [5.74, 6) is 1.60. The Morgan fingerprint density at radius 3 is 2.50 bits per heavy atom. The van der Waals surface area contributed by atoms with Crippen LogP contribution < -0.4 is 5.32 Å². The summed E-state index contributed by atoms with van der Waals surface area (Å²) in [5.41, 5.74) is 1.01. The van der Waals surface area contributed by atoms with Crippen LogP contribution in [0.3, 0.4) is 0 Å². The predicted molar refractivity (Wildman–Crippen MR) is 72.6 cm³/mol. The predicted octanol–water partition coefficient (Wildman–Crippen LogP) is 3.01. The molecule has 0 amide bonds. The van der Waals surface area contributed by atoms with E-state index >= 15 is 0 Å². The molecule has 1 saturated carbocycles. The minimum Gasteiger partial charge on any atom is -0.504 e. The number of benzene rings is 1. The monoisotopic (exact) mass is 249 g/mol. The summed E-state index contributed by atoms with van der Waals surface area (Å²) in [6, 6.07) is 4.99. The molecule has 1 aliphatic rings. The maximum Gasteiger partial charge on any atom is 0.157 e. The Hall–Kier alpha value is -1.22. The first kappa shape index (κ1) is 13.2. The molecule has 0 atom stereocenters. The van der Waals surface area contributed by atoms with E-state index in [1.54, 1.807) is 6.07 Å². The molecule has 3 N–H and O–H groups in total. The molecule has 100 valence electrons. The summed E-state index contributed by atoms with van der Waals surface area (Å²) in [5, 5.41) is 22.1. The lowest BCUT2D eigenvalue weighted by Crippen LogP contribution is -2.25. The Bertz CT molecular complexity index is 384. The van der Waals surface area contributed by atoms with Crippen molar-refractivity contribution in [3.05, 3.63) is 23.8 Å². The lowest BCUT2D eigenvalue weighted by Gasteiger charge is -2.26. The third-order valence-corrected chi connectivity index (χ3v) is 3.94. The zero-order chi connectivity index (χ0) is 13.0. The van der Waals surface area contributed by atoms with Gasteiger partial charge in [-0.3, -0.25) is 0 Å². The minimum absolute atomic E-state index is 0.0409. The van der Waals surface area contributed by atoms with E-state index in [0.717, 1.165) is 30.5 Å². The van der Waals surface area contributed by atoms with E-state index in [9.17, 15) is 10.2 Å². The number of aromatic hydroxyl groups is 2. The molecular weight excluding hydrogens is 226 g/mol. The summed E-state index contributed by atoms with van der Waals surface area (Å²) in [7, 11) is 0. The molecule has 1 aromatic rings. The van der Waals surface area contributed by atoms with Crippen molar-refractivity contribution in [1.82, 2.24) is 5.32 Å². The molecule has 1 aliphatic carbocycles. The highest BCUT2D eigenvalue weighted by atomic mass is 16.3. The summed E-state index contributed by atoms with van der Waals surface area (Å²) in [6.45, 7) is 4.14. The van der Waals surface area contributed by atoms with Crippen LogP contribution in [-0.4, -0.2) is 16.8 Å². The first-order valence-electron chi connectivity index (χ1n) is 6.86. The van der Waals surface area contributed by atoms with Gasteiger partial charge in [0.2, 0.25) is 0 Å². The number of phenols is 2. The molecule has 18 heavy (non-hydrogen) atoms. The zero-order valence-corrected chi connectivity index (χ0v) is 11.0. The molecule has 0 saturated heterocycles. The van der Waals surface area contributed by atoms with Crippen molar-refractivity contribution in [3.8, 4) is 11.5 Å². The molecule has 3 nitrogen and oxygen atoms in total. The Morgan fingerprint density at radius 2 is 1.83 bits per heavy atom. The number of hydrogen-bond acceptors (Lipinski definition) is 3. The molecular formula is C15H23NO2. The van der Waals surface area contributed by atoms with Crippen molar-refractivity contribution in [2.24, 2.45) is 11.8 Å². The van der Waals surface area contributed by atoms with Gasteiger partial charge in [-0.25, -0.2) is 0 Å². The van der Waals surface area contributed by atoms with Crippen LogP contribution in [0.4, 0.5) is 0 Å². The average molecular weight is 249 g/mol. The van der Waals surface area contributed by atoms with E-state index in [4.69, 9.17) is 0 Å². The van der Waals surface area contributed by atoms with Crippen LogP contribution in [0.2, 0.25) is 0 Å². The average Bonchev–Trinajstić information content (AvgIpc) is 2.36. The Kier molecular flexibility index (Phi) is 4.48. The second kappa shape index (κ2) is 6.10. The topological polar surface area (TPSA) is 52.5 Å². The van der Waals surface area contributed by atoms with Gasteiger partial charge in [0, 0.05) is 6.54 Å². The molecule has 3 heteroatoms. The molecule has 0 radical (unpaired) electrons. The van der Waals surface area contributed by atoms with Crippen molar-refractivity contribution in [2.45, 2.75) is 39.2 Å². The van der Waals surface area contributed by atoms with Crippen molar-refractivity contribution < 1.29 is 10.2 Å². The van der Waals surface area contributed by atoms with Gasteiger partial charge >= 0.3 is 0 Å². The summed E-state index contributed by atoms with van der Waals surface area (Å²) in [4.78, 5) is 0. The second-order valence-corrected chi connectivity index (χ2v) is 5.58. The SMILES string of the molecule is CC1CCC(CNCc2ccc(O)c(O)c2)CC1. The first-order valence-corrected chi connectivity index (χ1v) is 6.86. The fourth-order valence-corrected chi connectivity index (χ4v) is 2.63. The summed E-state index contributed by atoms with van der Waals surface area (Å²) < 4.78 is 0. The second-order valence-electron chi connectivity index (χ2n) is 5.58. The lowest BCUT2D eigenvalue weighted by molar-refractivity contribution is 0.281. The third kappa shape index (κ3) is 3.64. The van der Waals surface area contributed by atoms with Gasteiger partial charge in [0.25, 0.3) is 0 Å². The highest BCUT2D eigenvalue weighted by Crippen LogP contribution is 2.28. The van der Waals surface area contributed by atoms with Gasteiger partial charge in [-0.05, 0) is 48.9 Å². The van der Waals surface area contributed by atoms with Crippen LogP contribution in [0.15, 0.2) is 18.2 Å². The molecule has 0 unspecified atom stereocenters. The van der Waals surface area contributed by atoms with Crippen molar-refractivity contribution >= 4 is 0 Å². The molecule has 0 aliphatic heterocycles. The van der Waals surface area contributed by atoms with Crippen LogP contribution >= 0.6 is 0 Å². The number of rotatable bonds is 4.